The zero-order valence-electron chi connectivity index (χ0n) is 15.3. The maximum atomic E-state index is 12.4. The number of para-hydroxylation sites is 1. The zero-order valence-corrected chi connectivity index (χ0v) is 15.3. The summed E-state index contributed by atoms with van der Waals surface area (Å²) in [6, 6.07) is 21.3. The number of nitrogens with zero attached hydrogens (tertiary/aromatic N) is 1. The minimum Gasteiger partial charge on any atom is -0.482 e. The van der Waals surface area contributed by atoms with E-state index in [1.807, 2.05) is 6.07 Å². The molecule has 3 rings (SSSR count). The molecule has 7 nitrogen and oxygen atoms in total. The van der Waals surface area contributed by atoms with Crippen LogP contribution in [0.4, 0.5) is 5.69 Å². The van der Waals surface area contributed by atoms with Crippen molar-refractivity contribution in [2.75, 3.05) is 6.61 Å². The van der Waals surface area contributed by atoms with Gasteiger partial charge in [-0.3, -0.25) is 14.9 Å². The highest BCUT2D eigenvalue weighted by molar-refractivity contribution is 6.08. The molecule has 0 spiro atoms. The van der Waals surface area contributed by atoms with Gasteiger partial charge in [0.25, 0.3) is 5.69 Å². The lowest BCUT2D eigenvalue weighted by Crippen LogP contribution is -2.15. The van der Waals surface area contributed by atoms with Gasteiger partial charge in [-0.25, -0.2) is 4.79 Å². The van der Waals surface area contributed by atoms with Crippen LogP contribution in [0.5, 0.6) is 5.75 Å². The van der Waals surface area contributed by atoms with E-state index >= 15 is 0 Å². The molecule has 0 saturated heterocycles. The van der Waals surface area contributed by atoms with E-state index in [-0.39, 0.29) is 24.7 Å². The highest BCUT2D eigenvalue weighted by atomic mass is 16.6. The molecule has 3 aromatic rings. The van der Waals surface area contributed by atoms with Crippen LogP contribution >= 0.6 is 0 Å². The van der Waals surface area contributed by atoms with Gasteiger partial charge in [0.15, 0.2) is 12.4 Å². The number of esters is 1. The van der Waals surface area contributed by atoms with Crippen molar-refractivity contribution in [1.29, 1.82) is 0 Å². The predicted octanol–water partition coefficient (Wildman–Crippen LogP) is 3.95. The van der Waals surface area contributed by atoms with E-state index in [1.165, 1.54) is 12.1 Å². The van der Waals surface area contributed by atoms with Gasteiger partial charge in [0, 0.05) is 17.2 Å². The molecule has 0 aliphatic heterocycles. The molecule has 3 aromatic carbocycles. The van der Waals surface area contributed by atoms with E-state index in [9.17, 15) is 19.7 Å². The number of ether oxygens (including phenoxy) is 2. The topological polar surface area (TPSA) is 95.7 Å². The highest BCUT2D eigenvalue weighted by Crippen LogP contribution is 2.19. The number of nitro groups is 1. The molecule has 0 aromatic heterocycles. The van der Waals surface area contributed by atoms with Gasteiger partial charge in [0.05, 0.1) is 10.5 Å². The van der Waals surface area contributed by atoms with E-state index < -0.39 is 10.9 Å². The van der Waals surface area contributed by atoms with Gasteiger partial charge in [0.1, 0.15) is 12.4 Å². The molecular formula is C22H17NO6. The summed E-state index contributed by atoms with van der Waals surface area (Å²) < 4.78 is 10.4. The number of hydrogen-bond acceptors (Lipinski definition) is 6. The van der Waals surface area contributed by atoms with Crippen LogP contribution < -0.4 is 4.74 Å². The SMILES string of the molecule is O=C(COc1ccc(C(=O)c2ccccc2)cc1)OCc1ccccc1[N+](=O)[O-]. The maximum Gasteiger partial charge on any atom is 0.344 e. The summed E-state index contributed by atoms with van der Waals surface area (Å²) >= 11 is 0. The smallest absolute Gasteiger partial charge is 0.344 e. The Balaban J connectivity index is 1.52. The Hall–Kier alpha value is -4.00. The molecule has 146 valence electrons. The minimum atomic E-state index is -0.660. The van der Waals surface area contributed by atoms with Gasteiger partial charge in [-0.2, -0.15) is 0 Å². The van der Waals surface area contributed by atoms with Crippen LogP contribution in [0.1, 0.15) is 21.5 Å². The number of ketones is 1. The Labute approximate surface area is 166 Å². The van der Waals surface area contributed by atoms with Crippen molar-refractivity contribution in [1.82, 2.24) is 0 Å². The van der Waals surface area contributed by atoms with Gasteiger partial charge in [-0.05, 0) is 30.3 Å². The monoisotopic (exact) mass is 391 g/mol. The lowest BCUT2D eigenvalue weighted by molar-refractivity contribution is -0.385. The lowest BCUT2D eigenvalue weighted by atomic mass is 10.0. The Kier molecular flexibility index (Phi) is 6.32. The van der Waals surface area contributed by atoms with Crippen LogP contribution in [0, 0.1) is 10.1 Å². The summed E-state index contributed by atoms with van der Waals surface area (Å²) in [6.07, 6.45) is 0. The standard InChI is InChI=1S/C22H17NO6/c24-21(29-14-18-8-4-5-9-20(18)23(26)27)15-28-19-12-10-17(11-13-19)22(25)16-6-2-1-3-7-16/h1-13H,14-15H2. The molecule has 0 amide bonds. The third-order valence-corrected chi connectivity index (χ3v) is 4.09. The van der Waals surface area contributed by atoms with Crippen LogP contribution in [0.3, 0.4) is 0 Å². The fourth-order valence-corrected chi connectivity index (χ4v) is 2.61. The second kappa shape index (κ2) is 9.27. The molecule has 7 heteroatoms. The number of hydrogen-bond donors (Lipinski definition) is 0. The number of rotatable bonds is 8. The van der Waals surface area contributed by atoms with E-state index in [0.717, 1.165) is 0 Å². The van der Waals surface area contributed by atoms with E-state index in [4.69, 9.17) is 9.47 Å². The Morgan fingerprint density at radius 2 is 1.45 bits per heavy atom. The lowest BCUT2D eigenvalue weighted by Gasteiger charge is -2.08. The maximum absolute atomic E-state index is 12.4. The third kappa shape index (κ3) is 5.26. The third-order valence-electron chi connectivity index (χ3n) is 4.09. The molecule has 0 aliphatic rings. The van der Waals surface area contributed by atoms with Crippen LogP contribution in [-0.4, -0.2) is 23.3 Å². The molecule has 0 atom stereocenters. The van der Waals surface area contributed by atoms with Crippen molar-refractivity contribution in [3.05, 3.63) is 106 Å². The summed E-state index contributed by atoms with van der Waals surface area (Å²) in [4.78, 5) is 34.6. The first-order valence-electron chi connectivity index (χ1n) is 8.75. The number of benzene rings is 3. The van der Waals surface area contributed by atoms with Crippen LogP contribution in [-0.2, 0) is 16.1 Å². The number of nitro benzene ring substituents is 1. The van der Waals surface area contributed by atoms with E-state index in [0.29, 0.717) is 22.4 Å². The molecule has 0 unspecified atom stereocenters. The van der Waals surface area contributed by atoms with Crippen LogP contribution in [0.25, 0.3) is 0 Å². The average molecular weight is 391 g/mol. The first kappa shape index (κ1) is 19.8. The minimum absolute atomic E-state index is 0.110. The first-order chi connectivity index (χ1) is 14.0. The summed E-state index contributed by atoms with van der Waals surface area (Å²) in [7, 11) is 0. The van der Waals surface area contributed by atoms with Gasteiger partial charge in [0.2, 0.25) is 0 Å². The Morgan fingerprint density at radius 3 is 2.14 bits per heavy atom. The second-order valence-electron chi connectivity index (χ2n) is 6.05. The molecular weight excluding hydrogens is 374 g/mol. The molecule has 0 aliphatic carbocycles. The Morgan fingerprint density at radius 1 is 0.828 bits per heavy atom. The van der Waals surface area contributed by atoms with Gasteiger partial charge in [-0.1, -0.05) is 42.5 Å². The van der Waals surface area contributed by atoms with Crippen molar-refractivity contribution >= 4 is 17.4 Å². The average Bonchev–Trinajstić information content (AvgIpc) is 2.77. The number of carbonyl (C=O) groups is 2. The van der Waals surface area contributed by atoms with Gasteiger partial charge >= 0.3 is 5.97 Å². The second-order valence-corrected chi connectivity index (χ2v) is 6.05. The normalized spacial score (nSPS) is 10.2. The summed E-state index contributed by atoms with van der Waals surface area (Å²) in [5.41, 5.74) is 1.27. The summed E-state index contributed by atoms with van der Waals surface area (Å²) in [5, 5.41) is 11.0. The van der Waals surface area contributed by atoms with Crippen LogP contribution in [0.15, 0.2) is 78.9 Å². The molecule has 0 radical (unpaired) electrons. The highest BCUT2D eigenvalue weighted by Gasteiger charge is 2.14. The van der Waals surface area contributed by atoms with Gasteiger partial charge in [-0.15, -0.1) is 0 Å². The van der Waals surface area contributed by atoms with Crippen molar-refractivity contribution in [3.63, 3.8) is 0 Å². The fourth-order valence-electron chi connectivity index (χ4n) is 2.61. The zero-order chi connectivity index (χ0) is 20.6. The fraction of sp³-hybridized carbons (Fsp3) is 0.0909. The Bertz CT molecular complexity index is 1010. The van der Waals surface area contributed by atoms with Gasteiger partial charge < -0.3 is 9.47 Å². The summed E-state index contributed by atoms with van der Waals surface area (Å²) in [5.74, 6) is -0.370. The molecule has 0 N–H and O–H groups in total. The van der Waals surface area contributed by atoms with E-state index in [2.05, 4.69) is 0 Å². The molecule has 29 heavy (non-hydrogen) atoms. The van der Waals surface area contributed by atoms with Crippen molar-refractivity contribution in [3.8, 4) is 5.75 Å². The molecule has 0 bridgehead atoms. The van der Waals surface area contributed by atoms with E-state index in [1.54, 1.807) is 60.7 Å². The largest absolute Gasteiger partial charge is 0.482 e. The van der Waals surface area contributed by atoms with Crippen molar-refractivity contribution < 1.29 is 24.0 Å². The first-order valence-corrected chi connectivity index (χ1v) is 8.75. The molecule has 0 fully saturated rings. The predicted molar refractivity (Wildman–Crippen MR) is 105 cm³/mol. The molecule has 0 heterocycles. The van der Waals surface area contributed by atoms with Crippen molar-refractivity contribution in [2.45, 2.75) is 6.61 Å². The molecule has 0 saturated carbocycles. The number of carbonyl (C=O) groups excluding carboxylic acids is 2. The summed E-state index contributed by atoms with van der Waals surface area (Å²) in [6.45, 7) is -0.573. The van der Waals surface area contributed by atoms with Crippen LogP contribution in [0.2, 0.25) is 0 Å². The van der Waals surface area contributed by atoms with Crippen molar-refractivity contribution in [2.24, 2.45) is 0 Å². The quantitative estimate of drug-likeness (QED) is 0.250.